The molecule has 0 fully saturated rings. The van der Waals surface area contributed by atoms with Crippen molar-refractivity contribution in [2.45, 2.75) is 13.8 Å². The molecule has 3 rings (SSSR count). The quantitative estimate of drug-likeness (QED) is 0.685. The van der Waals surface area contributed by atoms with Crippen molar-refractivity contribution in [3.05, 3.63) is 46.6 Å². The number of nitrogens with zero attached hydrogens (tertiary/aromatic N) is 4. The molecule has 0 bridgehead atoms. The van der Waals surface area contributed by atoms with Crippen molar-refractivity contribution in [1.29, 1.82) is 0 Å². The number of hydrogen-bond acceptors (Lipinski definition) is 3. The highest BCUT2D eigenvalue weighted by Crippen LogP contribution is 2.26. The summed E-state index contributed by atoms with van der Waals surface area (Å²) in [5.41, 5.74) is 3.04. The van der Waals surface area contributed by atoms with Crippen LogP contribution in [0.5, 0.6) is 0 Å². The molecule has 1 aromatic carbocycles. The van der Waals surface area contributed by atoms with E-state index in [0.29, 0.717) is 5.52 Å². The first kappa shape index (κ1) is 12.0. The molecule has 6 heteroatoms. The van der Waals surface area contributed by atoms with Gasteiger partial charge in [-0.1, -0.05) is 11.6 Å². The molecule has 0 spiro atoms. The van der Waals surface area contributed by atoms with Gasteiger partial charge in [-0.25, -0.2) is 9.07 Å². The Bertz CT molecular complexity index is 764. The molecule has 4 nitrogen and oxygen atoms in total. The SMILES string of the molecule is Cc1nnc(Cl)c2nn(-c3ccc(F)cc3)c(C)c12. The Labute approximate surface area is 113 Å². The first-order valence-corrected chi connectivity index (χ1v) is 6.10. The highest BCUT2D eigenvalue weighted by atomic mass is 35.5. The maximum atomic E-state index is 13.0. The largest absolute Gasteiger partial charge is 0.237 e. The Kier molecular flexibility index (Phi) is 2.71. The minimum Gasteiger partial charge on any atom is -0.237 e. The normalized spacial score (nSPS) is 11.2. The lowest BCUT2D eigenvalue weighted by Gasteiger charge is -2.03. The van der Waals surface area contributed by atoms with Gasteiger partial charge in [0.2, 0.25) is 0 Å². The molecule has 2 aromatic heterocycles. The van der Waals surface area contributed by atoms with E-state index < -0.39 is 0 Å². The fourth-order valence-electron chi connectivity index (χ4n) is 2.13. The van der Waals surface area contributed by atoms with E-state index in [9.17, 15) is 4.39 Å². The van der Waals surface area contributed by atoms with Crippen LogP contribution in [0.25, 0.3) is 16.6 Å². The Morgan fingerprint density at radius 2 is 1.79 bits per heavy atom. The van der Waals surface area contributed by atoms with Crippen LogP contribution < -0.4 is 0 Å². The van der Waals surface area contributed by atoms with E-state index in [-0.39, 0.29) is 11.0 Å². The van der Waals surface area contributed by atoms with E-state index in [1.807, 2.05) is 13.8 Å². The fourth-order valence-corrected chi connectivity index (χ4v) is 2.30. The Hall–Kier alpha value is -2.01. The molecular formula is C13H10ClFN4. The molecule has 96 valence electrons. The summed E-state index contributed by atoms with van der Waals surface area (Å²) in [5.74, 6) is -0.282. The maximum Gasteiger partial charge on any atom is 0.179 e. The number of hydrogen-bond donors (Lipinski definition) is 0. The van der Waals surface area contributed by atoms with Gasteiger partial charge < -0.3 is 0 Å². The molecule has 3 aromatic rings. The number of fused-ring (bicyclic) bond motifs is 1. The first-order chi connectivity index (χ1) is 9.08. The van der Waals surface area contributed by atoms with E-state index in [4.69, 9.17) is 11.6 Å². The molecule has 19 heavy (non-hydrogen) atoms. The molecule has 0 unspecified atom stereocenters. The topological polar surface area (TPSA) is 43.6 Å². The van der Waals surface area contributed by atoms with Gasteiger partial charge in [0.05, 0.1) is 17.1 Å². The van der Waals surface area contributed by atoms with Gasteiger partial charge in [0, 0.05) is 5.39 Å². The molecule has 0 atom stereocenters. The third-order valence-electron chi connectivity index (χ3n) is 3.03. The molecule has 0 aliphatic carbocycles. The molecule has 0 amide bonds. The lowest BCUT2D eigenvalue weighted by atomic mass is 10.2. The standard InChI is InChI=1S/C13H10ClFN4/c1-7-11-8(2)19(10-5-3-9(15)4-6-10)18-12(11)13(14)17-16-7/h3-6H,1-2H3. The van der Waals surface area contributed by atoms with Crippen LogP contribution in [0.1, 0.15) is 11.4 Å². The van der Waals surface area contributed by atoms with Crippen LogP contribution in [0.4, 0.5) is 4.39 Å². The minimum atomic E-state index is -0.282. The van der Waals surface area contributed by atoms with Crippen LogP contribution in [-0.4, -0.2) is 20.0 Å². The Morgan fingerprint density at radius 1 is 1.11 bits per heavy atom. The summed E-state index contributed by atoms with van der Waals surface area (Å²) in [6.45, 7) is 3.78. The zero-order valence-corrected chi connectivity index (χ0v) is 11.1. The average Bonchev–Trinajstić information content (AvgIpc) is 2.74. The molecule has 0 aliphatic heterocycles. The summed E-state index contributed by atoms with van der Waals surface area (Å²) in [6.07, 6.45) is 0. The maximum absolute atomic E-state index is 13.0. The fraction of sp³-hybridized carbons (Fsp3) is 0.154. The summed E-state index contributed by atoms with van der Waals surface area (Å²) in [5, 5.41) is 13.4. The zero-order chi connectivity index (χ0) is 13.6. The van der Waals surface area contributed by atoms with Gasteiger partial charge in [0.15, 0.2) is 5.15 Å². The summed E-state index contributed by atoms with van der Waals surface area (Å²) in [4.78, 5) is 0. The molecule has 0 saturated carbocycles. The van der Waals surface area contributed by atoms with Crippen molar-refractivity contribution >= 4 is 22.5 Å². The summed E-state index contributed by atoms with van der Waals surface area (Å²) < 4.78 is 14.7. The van der Waals surface area contributed by atoms with E-state index in [1.165, 1.54) is 12.1 Å². The third-order valence-corrected chi connectivity index (χ3v) is 3.29. The Balaban J connectivity index is 2.31. The monoisotopic (exact) mass is 276 g/mol. The predicted molar refractivity (Wildman–Crippen MR) is 71.1 cm³/mol. The van der Waals surface area contributed by atoms with Crippen molar-refractivity contribution in [3.63, 3.8) is 0 Å². The van der Waals surface area contributed by atoms with Crippen molar-refractivity contribution in [2.75, 3.05) is 0 Å². The number of aromatic nitrogens is 4. The van der Waals surface area contributed by atoms with Crippen molar-refractivity contribution in [2.24, 2.45) is 0 Å². The van der Waals surface area contributed by atoms with Gasteiger partial charge in [-0.2, -0.15) is 10.2 Å². The molecule has 0 aliphatic rings. The first-order valence-electron chi connectivity index (χ1n) is 5.72. The van der Waals surface area contributed by atoms with Crippen LogP contribution >= 0.6 is 11.6 Å². The van der Waals surface area contributed by atoms with Crippen LogP contribution in [0.3, 0.4) is 0 Å². The van der Waals surface area contributed by atoms with Gasteiger partial charge in [0.1, 0.15) is 11.3 Å². The van der Waals surface area contributed by atoms with Crippen LogP contribution in [0, 0.1) is 19.7 Å². The molecule has 2 heterocycles. The van der Waals surface area contributed by atoms with Gasteiger partial charge in [-0.05, 0) is 38.1 Å². The number of benzene rings is 1. The van der Waals surface area contributed by atoms with E-state index in [0.717, 1.165) is 22.5 Å². The second-order valence-electron chi connectivity index (χ2n) is 4.27. The average molecular weight is 277 g/mol. The second-order valence-corrected chi connectivity index (χ2v) is 4.63. The van der Waals surface area contributed by atoms with Crippen molar-refractivity contribution < 1.29 is 4.39 Å². The summed E-state index contributed by atoms with van der Waals surface area (Å²) >= 11 is 6.02. The van der Waals surface area contributed by atoms with Crippen LogP contribution in [-0.2, 0) is 0 Å². The highest BCUT2D eigenvalue weighted by molar-refractivity contribution is 6.33. The smallest absolute Gasteiger partial charge is 0.179 e. The van der Waals surface area contributed by atoms with Crippen LogP contribution in [0.2, 0.25) is 5.15 Å². The van der Waals surface area contributed by atoms with Gasteiger partial charge in [-0.15, -0.1) is 5.10 Å². The van der Waals surface area contributed by atoms with E-state index in [1.54, 1.807) is 16.8 Å². The van der Waals surface area contributed by atoms with Crippen molar-refractivity contribution in [3.8, 4) is 5.69 Å². The predicted octanol–water partition coefficient (Wildman–Crippen LogP) is 3.22. The molecule has 0 radical (unpaired) electrons. The van der Waals surface area contributed by atoms with E-state index in [2.05, 4.69) is 15.3 Å². The van der Waals surface area contributed by atoms with Gasteiger partial charge in [-0.3, -0.25) is 0 Å². The highest BCUT2D eigenvalue weighted by Gasteiger charge is 2.15. The molecule has 0 saturated heterocycles. The Morgan fingerprint density at radius 3 is 2.42 bits per heavy atom. The van der Waals surface area contributed by atoms with Crippen LogP contribution in [0.15, 0.2) is 24.3 Å². The summed E-state index contributed by atoms with van der Waals surface area (Å²) in [6, 6.07) is 6.12. The molecular weight excluding hydrogens is 267 g/mol. The zero-order valence-electron chi connectivity index (χ0n) is 10.4. The van der Waals surface area contributed by atoms with Gasteiger partial charge >= 0.3 is 0 Å². The lowest BCUT2D eigenvalue weighted by Crippen LogP contribution is -1.98. The van der Waals surface area contributed by atoms with Gasteiger partial charge in [0.25, 0.3) is 0 Å². The molecule has 0 N–H and O–H groups in total. The minimum absolute atomic E-state index is 0.268. The number of aryl methyl sites for hydroxylation is 2. The summed E-state index contributed by atoms with van der Waals surface area (Å²) in [7, 11) is 0. The van der Waals surface area contributed by atoms with Crippen molar-refractivity contribution in [1.82, 2.24) is 20.0 Å². The second kappa shape index (κ2) is 4.28. The third kappa shape index (κ3) is 1.86. The lowest BCUT2D eigenvalue weighted by molar-refractivity contribution is 0.627. The number of halogens is 2. The van der Waals surface area contributed by atoms with E-state index >= 15 is 0 Å². The number of rotatable bonds is 1.